The number of halogens is 4. The molecule has 2 rings (SSSR count). The molecule has 1 aromatic rings. The van der Waals surface area contributed by atoms with Gasteiger partial charge in [-0.15, -0.1) is 0 Å². The first kappa shape index (κ1) is 20.2. The minimum atomic E-state index is -4.49. The third-order valence-corrected chi connectivity index (χ3v) is 4.10. The van der Waals surface area contributed by atoms with Gasteiger partial charge in [0.1, 0.15) is 18.5 Å². The highest BCUT2D eigenvalue weighted by Gasteiger charge is 2.31. The second-order valence-electron chi connectivity index (χ2n) is 6.12. The van der Waals surface area contributed by atoms with E-state index in [1.165, 1.54) is 30.0 Å². The van der Waals surface area contributed by atoms with Gasteiger partial charge in [0, 0.05) is 19.1 Å². The lowest BCUT2D eigenvalue weighted by atomic mass is 10.0. The topological polar surface area (TPSA) is 58.6 Å². The number of hydrogen-bond acceptors (Lipinski definition) is 3. The van der Waals surface area contributed by atoms with Crippen LogP contribution in [0.4, 0.5) is 17.6 Å². The highest BCUT2D eigenvalue weighted by atomic mass is 19.4. The highest BCUT2D eigenvalue weighted by Crippen LogP contribution is 2.17. The van der Waals surface area contributed by atoms with Crippen molar-refractivity contribution < 1.29 is 31.9 Å². The Morgan fingerprint density at radius 1 is 1.27 bits per heavy atom. The van der Waals surface area contributed by atoms with Crippen molar-refractivity contribution in [2.75, 3.05) is 19.7 Å². The van der Waals surface area contributed by atoms with Crippen LogP contribution in [0.3, 0.4) is 0 Å². The van der Waals surface area contributed by atoms with Gasteiger partial charge in [0.15, 0.2) is 0 Å². The fourth-order valence-corrected chi connectivity index (χ4v) is 2.65. The third kappa shape index (κ3) is 5.69. The number of nitrogens with one attached hydrogen (secondary N) is 1. The summed E-state index contributed by atoms with van der Waals surface area (Å²) in [4.78, 5) is 25.7. The summed E-state index contributed by atoms with van der Waals surface area (Å²) < 4.78 is 54.5. The lowest BCUT2D eigenvalue weighted by Gasteiger charge is -2.33. The molecule has 1 aromatic carbocycles. The van der Waals surface area contributed by atoms with Crippen LogP contribution in [0.2, 0.25) is 0 Å². The number of amides is 2. The monoisotopic (exact) mass is 376 g/mol. The van der Waals surface area contributed by atoms with Crippen molar-refractivity contribution in [3.8, 4) is 0 Å². The number of benzene rings is 1. The van der Waals surface area contributed by atoms with Gasteiger partial charge in [-0.2, -0.15) is 13.2 Å². The van der Waals surface area contributed by atoms with E-state index in [4.69, 9.17) is 0 Å². The zero-order chi connectivity index (χ0) is 19.3. The zero-order valence-corrected chi connectivity index (χ0v) is 14.2. The van der Waals surface area contributed by atoms with Crippen molar-refractivity contribution in [3.05, 3.63) is 35.6 Å². The zero-order valence-electron chi connectivity index (χ0n) is 14.2. The summed E-state index contributed by atoms with van der Waals surface area (Å²) in [6, 6.07) is 5.42. The van der Waals surface area contributed by atoms with Crippen molar-refractivity contribution in [1.82, 2.24) is 10.2 Å². The average Bonchev–Trinajstić information content (AvgIpc) is 2.59. The molecule has 1 N–H and O–H groups in total. The van der Waals surface area contributed by atoms with Crippen LogP contribution in [-0.2, 0) is 9.53 Å². The molecule has 0 aliphatic carbocycles. The molecule has 144 valence electrons. The molecule has 1 heterocycles. The molecule has 1 fully saturated rings. The van der Waals surface area contributed by atoms with Crippen molar-refractivity contribution >= 4 is 11.8 Å². The van der Waals surface area contributed by atoms with Crippen LogP contribution in [0.15, 0.2) is 24.3 Å². The molecule has 9 heteroatoms. The molecular weight excluding hydrogens is 356 g/mol. The molecule has 1 atom stereocenters. The Kier molecular flexibility index (Phi) is 6.57. The fourth-order valence-electron chi connectivity index (χ4n) is 2.65. The molecule has 0 saturated carbocycles. The molecule has 1 unspecified atom stereocenters. The Hall–Kier alpha value is -2.16. The standard InChI is InChI=1S/C17H20F4N2O3/c1-11(26-10-17(19,20)21)15(24)22-12-6-8-23(9-7-12)16(25)13-4-2-3-5-14(13)18/h2-5,11-12H,6-10H2,1H3,(H,22,24). The van der Waals surface area contributed by atoms with E-state index in [-0.39, 0.29) is 11.6 Å². The van der Waals surface area contributed by atoms with E-state index < -0.39 is 36.5 Å². The van der Waals surface area contributed by atoms with Crippen LogP contribution in [0.1, 0.15) is 30.1 Å². The van der Waals surface area contributed by atoms with Crippen molar-refractivity contribution in [2.24, 2.45) is 0 Å². The van der Waals surface area contributed by atoms with Gasteiger partial charge in [0.25, 0.3) is 5.91 Å². The quantitative estimate of drug-likeness (QED) is 0.804. The molecule has 5 nitrogen and oxygen atoms in total. The Labute approximate surface area is 148 Å². The van der Waals surface area contributed by atoms with Crippen LogP contribution in [0.5, 0.6) is 0 Å². The van der Waals surface area contributed by atoms with Crippen LogP contribution in [0.25, 0.3) is 0 Å². The maximum absolute atomic E-state index is 13.7. The molecule has 1 aliphatic heterocycles. The summed E-state index contributed by atoms with van der Waals surface area (Å²) in [5.41, 5.74) is -0.0100. The van der Waals surface area contributed by atoms with Gasteiger partial charge in [-0.25, -0.2) is 4.39 Å². The molecular formula is C17H20F4N2O3. The Morgan fingerprint density at radius 2 is 1.88 bits per heavy atom. The largest absolute Gasteiger partial charge is 0.411 e. The highest BCUT2D eigenvalue weighted by molar-refractivity contribution is 5.94. The lowest BCUT2D eigenvalue weighted by Crippen LogP contribution is -2.49. The number of likely N-dealkylation sites (tertiary alicyclic amines) is 1. The number of ether oxygens (including phenoxy) is 1. The molecule has 1 saturated heterocycles. The first-order chi connectivity index (χ1) is 12.2. The molecule has 26 heavy (non-hydrogen) atoms. The van der Waals surface area contributed by atoms with E-state index in [1.807, 2.05) is 0 Å². The third-order valence-electron chi connectivity index (χ3n) is 4.10. The molecule has 1 aliphatic rings. The first-order valence-corrected chi connectivity index (χ1v) is 8.20. The normalized spacial score (nSPS) is 17.0. The molecule has 0 aromatic heterocycles. The van der Waals surface area contributed by atoms with Crippen LogP contribution in [-0.4, -0.2) is 54.7 Å². The average molecular weight is 376 g/mol. The smallest absolute Gasteiger partial charge is 0.359 e. The summed E-state index contributed by atoms with van der Waals surface area (Å²) in [6.45, 7) is 0.390. The number of rotatable bonds is 5. The minimum Gasteiger partial charge on any atom is -0.359 e. The Morgan fingerprint density at radius 3 is 2.46 bits per heavy atom. The maximum Gasteiger partial charge on any atom is 0.411 e. The number of alkyl halides is 3. The van der Waals surface area contributed by atoms with Gasteiger partial charge >= 0.3 is 6.18 Å². The van der Waals surface area contributed by atoms with Gasteiger partial charge in [-0.05, 0) is 31.9 Å². The van der Waals surface area contributed by atoms with Crippen molar-refractivity contribution in [1.29, 1.82) is 0 Å². The lowest BCUT2D eigenvalue weighted by molar-refractivity contribution is -0.185. The van der Waals surface area contributed by atoms with Gasteiger partial charge < -0.3 is 15.0 Å². The second kappa shape index (κ2) is 8.48. The van der Waals surface area contributed by atoms with E-state index in [9.17, 15) is 27.2 Å². The summed E-state index contributed by atoms with van der Waals surface area (Å²) in [6.07, 6.45) is -4.86. The molecule has 0 bridgehead atoms. The van der Waals surface area contributed by atoms with Crippen LogP contribution < -0.4 is 5.32 Å². The predicted octanol–water partition coefficient (Wildman–Crippen LogP) is 2.51. The van der Waals surface area contributed by atoms with E-state index in [0.29, 0.717) is 25.9 Å². The Balaban J connectivity index is 1.80. The van der Waals surface area contributed by atoms with Gasteiger partial charge in [0.05, 0.1) is 5.56 Å². The first-order valence-electron chi connectivity index (χ1n) is 8.20. The van der Waals surface area contributed by atoms with Gasteiger partial charge in [-0.1, -0.05) is 12.1 Å². The summed E-state index contributed by atoms with van der Waals surface area (Å²) in [5, 5.41) is 2.62. The summed E-state index contributed by atoms with van der Waals surface area (Å²) >= 11 is 0. The van der Waals surface area contributed by atoms with Gasteiger partial charge in [-0.3, -0.25) is 9.59 Å². The van der Waals surface area contributed by atoms with Crippen molar-refractivity contribution in [3.63, 3.8) is 0 Å². The van der Waals surface area contributed by atoms with E-state index in [1.54, 1.807) is 6.07 Å². The number of piperidine rings is 1. The van der Waals surface area contributed by atoms with Crippen molar-refractivity contribution in [2.45, 2.75) is 38.1 Å². The summed E-state index contributed by atoms with van der Waals surface area (Å²) in [7, 11) is 0. The van der Waals surface area contributed by atoms with Crippen LogP contribution in [0, 0.1) is 5.82 Å². The molecule has 2 amide bonds. The van der Waals surface area contributed by atoms with E-state index in [0.717, 1.165) is 0 Å². The maximum atomic E-state index is 13.7. The second-order valence-corrected chi connectivity index (χ2v) is 6.12. The minimum absolute atomic E-state index is 0.0100. The number of hydrogen-bond donors (Lipinski definition) is 1. The van der Waals surface area contributed by atoms with E-state index in [2.05, 4.69) is 10.1 Å². The predicted molar refractivity (Wildman–Crippen MR) is 84.9 cm³/mol. The number of carbonyl (C=O) groups excluding carboxylic acids is 2. The number of nitrogens with zero attached hydrogens (tertiary/aromatic N) is 1. The van der Waals surface area contributed by atoms with Gasteiger partial charge in [0.2, 0.25) is 5.91 Å². The van der Waals surface area contributed by atoms with E-state index >= 15 is 0 Å². The fraction of sp³-hybridized carbons (Fsp3) is 0.529. The van der Waals surface area contributed by atoms with Crippen LogP contribution >= 0.6 is 0 Å². The molecule has 0 spiro atoms. The Bertz CT molecular complexity index is 643. The SMILES string of the molecule is CC(OCC(F)(F)F)C(=O)NC1CCN(C(=O)c2ccccc2F)CC1. The summed E-state index contributed by atoms with van der Waals surface area (Å²) in [5.74, 6) is -1.65. The number of carbonyl (C=O) groups is 2. The molecule has 0 radical (unpaired) electrons.